The molecule has 1 amide bonds. The number of nitrogens with zero attached hydrogens (tertiary/aromatic N) is 2. The molecule has 0 saturated carbocycles. The number of alkyl halides is 2. The van der Waals surface area contributed by atoms with Crippen LogP contribution in [0.5, 0.6) is 0 Å². The van der Waals surface area contributed by atoms with Crippen LogP contribution in [0.15, 0.2) is 60.8 Å². The normalized spacial score (nSPS) is 12.3. The van der Waals surface area contributed by atoms with Crippen LogP contribution in [0.4, 0.5) is 14.6 Å². The Hall–Kier alpha value is -3.17. The van der Waals surface area contributed by atoms with Crippen molar-refractivity contribution in [2.45, 2.75) is 25.3 Å². The van der Waals surface area contributed by atoms with Gasteiger partial charge in [-0.15, -0.1) is 0 Å². The summed E-state index contributed by atoms with van der Waals surface area (Å²) in [6, 6.07) is 13.2. The van der Waals surface area contributed by atoms with Crippen LogP contribution in [0.2, 0.25) is 10.0 Å². The van der Waals surface area contributed by atoms with E-state index in [4.69, 9.17) is 23.2 Å². The monoisotopic (exact) mass is 498 g/mol. The molecule has 3 rings (SSSR count). The molecule has 0 unspecified atom stereocenters. The highest BCUT2D eigenvalue weighted by Crippen LogP contribution is 2.25. The first-order chi connectivity index (χ1) is 15.6. The van der Waals surface area contributed by atoms with Crippen LogP contribution < -0.4 is 20.1 Å². The van der Waals surface area contributed by atoms with Crippen molar-refractivity contribution in [1.82, 2.24) is 5.32 Å². The summed E-state index contributed by atoms with van der Waals surface area (Å²) in [5.74, 6) is -4.02. The van der Waals surface area contributed by atoms with E-state index >= 15 is 0 Å². The van der Waals surface area contributed by atoms with E-state index in [2.05, 4.69) is 10.6 Å². The molecule has 0 bridgehead atoms. The van der Waals surface area contributed by atoms with Crippen LogP contribution in [-0.2, 0) is 17.1 Å². The number of amides is 1. The standard InChI is InChI=1S/C22H20Cl2F2N4O3/c1-14(15-5-4-6-16(23)11-15)28-21(31)12-18-17(24)8-9-20(30(18)33)27-13-22(25,26)19-7-2-3-10-29(19)32/h2-11,14,33H,12-13H2,1H3,(H-,28,31,32)/p+2/t14-/m1/s1. The molecule has 1 atom stereocenters. The molecule has 0 spiro atoms. The number of carbonyl (C=O) groups is 1. The van der Waals surface area contributed by atoms with Gasteiger partial charge in [0.15, 0.2) is 12.2 Å². The Morgan fingerprint density at radius 3 is 2.58 bits per heavy atom. The molecule has 0 aliphatic rings. The maximum Gasteiger partial charge on any atom is 0.370 e. The number of aromatic nitrogens is 2. The lowest BCUT2D eigenvalue weighted by atomic mass is 10.1. The quantitative estimate of drug-likeness (QED) is 0.282. The summed E-state index contributed by atoms with van der Waals surface area (Å²) in [5, 5.41) is 25.9. The Bertz CT molecular complexity index is 1160. The predicted molar refractivity (Wildman–Crippen MR) is 117 cm³/mol. The van der Waals surface area contributed by atoms with Crippen LogP contribution in [-0.4, -0.2) is 22.9 Å². The van der Waals surface area contributed by atoms with Gasteiger partial charge in [-0.05, 0) is 41.5 Å². The third kappa shape index (κ3) is 6.00. The second-order valence-electron chi connectivity index (χ2n) is 7.33. The Balaban J connectivity index is 1.71. The molecule has 2 aromatic heterocycles. The minimum absolute atomic E-state index is 0.0118. The molecule has 33 heavy (non-hydrogen) atoms. The van der Waals surface area contributed by atoms with E-state index in [0.717, 1.165) is 17.8 Å². The van der Waals surface area contributed by atoms with Gasteiger partial charge in [-0.25, -0.2) is 0 Å². The first-order valence-electron chi connectivity index (χ1n) is 9.88. The Labute approximate surface area is 198 Å². The molecular weight excluding hydrogens is 477 g/mol. The Kier molecular flexibility index (Phi) is 7.55. The topological polar surface area (TPSA) is 89.4 Å². The predicted octanol–water partition coefficient (Wildman–Crippen LogP) is 3.67. The zero-order chi connectivity index (χ0) is 24.2. The summed E-state index contributed by atoms with van der Waals surface area (Å²) >= 11 is 12.1. The third-order valence-corrected chi connectivity index (χ3v) is 5.49. The second-order valence-corrected chi connectivity index (χ2v) is 8.18. The molecule has 3 aromatic rings. The minimum Gasteiger partial charge on any atom is -0.349 e. The molecule has 4 N–H and O–H groups in total. The molecule has 174 valence electrons. The second kappa shape index (κ2) is 10.2. The lowest BCUT2D eigenvalue weighted by molar-refractivity contribution is -0.913. The maximum absolute atomic E-state index is 14.5. The fourth-order valence-electron chi connectivity index (χ4n) is 3.18. The van der Waals surface area contributed by atoms with E-state index in [1.807, 2.05) is 6.07 Å². The Morgan fingerprint density at radius 2 is 1.88 bits per heavy atom. The molecule has 7 nitrogen and oxygen atoms in total. The van der Waals surface area contributed by atoms with Crippen molar-refractivity contribution < 1.29 is 33.5 Å². The molecule has 2 heterocycles. The summed E-state index contributed by atoms with van der Waals surface area (Å²) in [5.41, 5.74) is 0.168. The number of rotatable bonds is 8. The van der Waals surface area contributed by atoms with Crippen molar-refractivity contribution >= 4 is 34.9 Å². The van der Waals surface area contributed by atoms with Gasteiger partial charge in [-0.1, -0.05) is 35.3 Å². The Morgan fingerprint density at radius 1 is 1.12 bits per heavy atom. The van der Waals surface area contributed by atoms with Gasteiger partial charge >= 0.3 is 17.4 Å². The highest BCUT2D eigenvalue weighted by atomic mass is 35.5. The summed E-state index contributed by atoms with van der Waals surface area (Å²) in [6.07, 6.45) is 0.778. The smallest absolute Gasteiger partial charge is 0.349 e. The van der Waals surface area contributed by atoms with Crippen molar-refractivity contribution in [3.8, 4) is 0 Å². The highest BCUT2D eigenvalue weighted by Gasteiger charge is 2.43. The van der Waals surface area contributed by atoms with Gasteiger partial charge in [0.1, 0.15) is 0 Å². The summed E-state index contributed by atoms with van der Waals surface area (Å²) in [4.78, 5) is 12.5. The molecule has 0 aliphatic heterocycles. The molecule has 11 heteroatoms. The highest BCUT2D eigenvalue weighted by molar-refractivity contribution is 6.31. The fraction of sp³-hybridized carbons (Fsp3) is 0.227. The van der Waals surface area contributed by atoms with Crippen molar-refractivity contribution in [1.29, 1.82) is 0 Å². The molecule has 0 fully saturated rings. The molecule has 0 saturated heterocycles. The van der Waals surface area contributed by atoms with E-state index in [9.17, 15) is 24.0 Å². The largest absolute Gasteiger partial charge is 0.370 e. The van der Waals surface area contributed by atoms with Gasteiger partial charge in [0.2, 0.25) is 12.1 Å². The van der Waals surface area contributed by atoms with Gasteiger partial charge in [0.05, 0.1) is 17.5 Å². The first kappa shape index (κ1) is 24.5. The number of anilines is 1. The van der Waals surface area contributed by atoms with Crippen LogP contribution in [0.1, 0.15) is 29.9 Å². The van der Waals surface area contributed by atoms with Gasteiger partial charge in [-0.2, -0.15) is 8.78 Å². The van der Waals surface area contributed by atoms with Crippen LogP contribution >= 0.6 is 23.2 Å². The third-order valence-electron chi connectivity index (χ3n) is 4.91. The summed E-state index contributed by atoms with van der Waals surface area (Å²) in [7, 11) is 0. The number of nitrogens with one attached hydrogen (secondary N) is 2. The van der Waals surface area contributed by atoms with Crippen molar-refractivity contribution in [3.63, 3.8) is 0 Å². The van der Waals surface area contributed by atoms with E-state index in [0.29, 0.717) is 14.5 Å². The molecule has 0 aliphatic carbocycles. The van der Waals surface area contributed by atoms with Gasteiger partial charge < -0.3 is 10.5 Å². The van der Waals surface area contributed by atoms with Gasteiger partial charge in [0, 0.05) is 28.0 Å². The van der Waals surface area contributed by atoms with Crippen molar-refractivity contribution in [2.75, 3.05) is 11.9 Å². The lowest BCUT2D eigenvalue weighted by Gasteiger charge is -2.15. The number of pyridine rings is 2. The molecule has 0 radical (unpaired) electrons. The number of halogens is 4. The number of hydrogen-bond acceptors (Lipinski definition) is 4. The summed E-state index contributed by atoms with van der Waals surface area (Å²) in [6.45, 7) is 0.840. The first-order valence-corrected chi connectivity index (χ1v) is 10.6. The average Bonchev–Trinajstić information content (AvgIpc) is 2.76. The zero-order valence-electron chi connectivity index (χ0n) is 17.5. The van der Waals surface area contributed by atoms with E-state index in [1.54, 1.807) is 25.1 Å². The molecular formula is C22H22Cl2F2N4O3+2. The number of benzene rings is 1. The van der Waals surface area contributed by atoms with Crippen LogP contribution in [0, 0.1) is 0 Å². The summed E-state index contributed by atoms with van der Waals surface area (Å²) < 4.78 is 29.9. The van der Waals surface area contributed by atoms with E-state index < -0.39 is 24.1 Å². The van der Waals surface area contributed by atoms with Crippen molar-refractivity contribution in [2.24, 2.45) is 0 Å². The zero-order valence-corrected chi connectivity index (χ0v) is 19.0. The molecule has 1 aromatic carbocycles. The van der Waals surface area contributed by atoms with Crippen LogP contribution in [0.3, 0.4) is 0 Å². The SMILES string of the molecule is C[C@@H](NC(=O)Cc1c(Cl)ccc(NCC(F)(F)c2cccc[n+]2O)[n+]1O)c1cccc(Cl)c1. The van der Waals surface area contributed by atoms with E-state index in [1.165, 1.54) is 24.3 Å². The average molecular weight is 499 g/mol. The fourth-order valence-corrected chi connectivity index (χ4v) is 3.59. The van der Waals surface area contributed by atoms with Crippen molar-refractivity contribution in [3.05, 3.63) is 87.8 Å². The van der Waals surface area contributed by atoms with E-state index in [-0.39, 0.29) is 29.0 Å². The maximum atomic E-state index is 14.5. The minimum atomic E-state index is -3.47. The van der Waals surface area contributed by atoms with Crippen LogP contribution in [0.25, 0.3) is 0 Å². The van der Waals surface area contributed by atoms with Gasteiger partial charge in [0.25, 0.3) is 0 Å². The number of hydrogen-bond donors (Lipinski definition) is 4. The van der Waals surface area contributed by atoms with Gasteiger partial charge in [-0.3, -0.25) is 15.3 Å². The lowest BCUT2D eigenvalue weighted by Crippen LogP contribution is -2.45. The number of carbonyl (C=O) groups excluding carboxylic acids is 1.